The van der Waals surface area contributed by atoms with Crippen molar-refractivity contribution in [3.8, 4) is 0 Å². The summed E-state index contributed by atoms with van der Waals surface area (Å²) < 4.78 is 4.21. The topological polar surface area (TPSA) is 26.3 Å². The van der Waals surface area contributed by atoms with E-state index in [1.54, 1.807) is 6.08 Å². The lowest BCUT2D eigenvalue weighted by Gasteiger charge is -2.08. The minimum Gasteiger partial charge on any atom is -0.347 e. The molecule has 1 unspecified atom stereocenters. The molecule has 2 nitrogen and oxygen atoms in total. The van der Waals surface area contributed by atoms with E-state index in [4.69, 9.17) is 11.9 Å². The van der Waals surface area contributed by atoms with Gasteiger partial charge >= 0.3 is 5.97 Å². The highest BCUT2D eigenvalue weighted by Gasteiger charge is 2.15. The van der Waals surface area contributed by atoms with Crippen molar-refractivity contribution in [2.45, 2.75) is 77.6 Å². The van der Waals surface area contributed by atoms with Gasteiger partial charge in [0.15, 0.2) is 0 Å². The van der Waals surface area contributed by atoms with Crippen LogP contribution in [0.15, 0.2) is 12.7 Å². The van der Waals surface area contributed by atoms with Crippen LogP contribution >= 0.6 is 11.9 Å². The molecule has 0 bridgehead atoms. The molecule has 0 aliphatic heterocycles. The van der Waals surface area contributed by atoms with Crippen LogP contribution in [0.5, 0.6) is 0 Å². The van der Waals surface area contributed by atoms with Crippen LogP contribution in [0.1, 0.15) is 77.6 Å². The largest absolute Gasteiger partial charge is 0.347 e. The molecule has 1 atom stereocenters. The van der Waals surface area contributed by atoms with Gasteiger partial charge in [-0.05, 0) is 6.42 Å². The molecule has 0 radical (unpaired) electrons. The first kappa shape index (κ1) is 18.5. The van der Waals surface area contributed by atoms with Gasteiger partial charge in [-0.15, -0.1) is 6.58 Å². The molecular weight excluding hydrogens is 260 g/mol. The summed E-state index contributed by atoms with van der Waals surface area (Å²) >= 11 is 5.06. The highest BCUT2D eigenvalue weighted by Crippen LogP contribution is 2.16. The van der Waals surface area contributed by atoms with Crippen LogP contribution in [0, 0.1) is 5.92 Å². The van der Waals surface area contributed by atoms with Gasteiger partial charge in [0.2, 0.25) is 0 Å². The second-order valence-corrected chi connectivity index (χ2v) is 5.36. The summed E-state index contributed by atoms with van der Waals surface area (Å²) in [4.78, 5) is 11.2. The van der Waals surface area contributed by atoms with E-state index in [0.717, 1.165) is 12.8 Å². The number of halogens is 1. The van der Waals surface area contributed by atoms with Crippen LogP contribution < -0.4 is 0 Å². The van der Waals surface area contributed by atoms with Gasteiger partial charge in [-0.2, -0.15) is 0 Å². The standard InChI is InChI=1S/C16H29ClO2/c1-3-5-6-7-8-9-10-11-12-13-14-15(4-2)16(18)19-17/h4,15H,2-3,5-14H2,1H3. The van der Waals surface area contributed by atoms with Gasteiger partial charge in [0.25, 0.3) is 0 Å². The van der Waals surface area contributed by atoms with E-state index in [-0.39, 0.29) is 11.9 Å². The second-order valence-electron chi connectivity index (χ2n) is 5.21. The van der Waals surface area contributed by atoms with Crippen molar-refractivity contribution in [1.29, 1.82) is 0 Å². The third kappa shape index (κ3) is 11.1. The van der Waals surface area contributed by atoms with Crippen LogP contribution in [-0.2, 0) is 9.08 Å². The Hall–Kier alpha value is -0.500. The molecule has 0 heterocycles. The Kier molecular flexibility index (Phi) is 13.6. The minimum atomic E-state index is -0.382. The summed E-state index contributed by atoms with van der Waals surface area (Å²) in [7, 11) is 0. The zero-order valence-electron chi connectivity index (χ0n) is 12.3. The summed E-state index contributed by atoms with van der Waals surface area (Å²) in [5, 5.41) is 0. The predicted molar refractivity (Wildman–Crippen MR) is 82.1 cm³/mol. The smallest absolute Gasteiger partial charge is 0.331 e. The molecule has 0 aromatic rings. The van der Waals surface area contributed by atoms with E-state index >= 15 is 0 Å². The summed E-state index contributed by atoms with van der Waals surface area (Å²) in [6.45, 7) is 5.88. The molecule has 0 rings (SSSR count). The number of carbonyl (C=O) groups excluding carboxylic acids is 1. The minimum absolute atomic E-state index is 0.244. The van der Waals surface area contributed by atoms with E-state index < -0.39 is 0 Å². The van der Waals surface area contributed by atoms with Gasteiger partial charge in [-0.1, -0.05) is 77.2 Å². The molecule has 0 amide bonds. The van der Waals surface area contributed by atoms with Crippen molar-refractivity contribution in [2.24, 2.45) is 5.92 Å². The molecule has 0 saturated heterocycles. The maximum atomic E-state index is 11.2. The first-order chi connectivity index (χ1) is 9.26. The van der Waals surface area contributed by atoms with Crippen molar-refractivity contribution in [2.75, 3.05) is 0 Å². The lowest BCUT2D eigenvalue weighted by Crippen LogP contribution is -2.11. The van der Waals surface area contributed by atoms with Crippen LogP contribution in [0.3, 0.4) is 0 Å². The predicted octanol–water partition coefficient (Wildman–Crippen LogP) is 5.80. The van der Waals surface area contributed by atoms with Crippen LogP contribution in [-0.4, -0.2) is 5.97 Å². The monoisotopic (exact) mass is 288 g/mol. The first-order valence-corrected chi connectivity index (χ1v) is 8.02. The lowest BCUT2D eigenvalue weighted by molar-refractivity contribution is -0.137. The van der Waals surface area contributed by atoms with Crippen molar-refractivity contribution < 1.29 is 9.08 Å². The molecule has 0 fully saturated rings. The van der Waals surface area contributed by atoms with Crippen LogP contribution in [0.2, 0.25) is 0 Å². The van der Waals surface area contributed by atoms with E-state index in [9.17, 15) is 4.79 Å². The van der Waals surface area contributed by atoms with Gasteiger partial charge < -0.3 is 4.29 Å². The Morgan fingerprint density at radius 3 is 1.95 bits per heavy atom. The third-order valence-electron chi connectivity index (χ3n) is 3.53. The van der Waals surface area contributed by atoms with Crippen molar-refractivity contribution >= 4 is 17.8 Å². The van der Waals surface area contributed by atoms with E-state index in [1.165, 1.54) is 57.8 Å². The van der Waals surface area contributed by atoms with Gasteiger partial charge in [0, 0.05) is 0 Å². The maximum Gasteiger partial charge on any atom is 0.331 e. The molecule has 0 aromatic carbocycles. The molecule has 0 saturated carbocycles. The molecule has 112 valence electrons. The number of rotatable bonds is 13. The summed E-state index contributed by atoms with van der Waals surface area (Å²) in [5.74, 6) is -0.626. The van der Waals surface area contributed by atoms with Crippen molar-refractivity contribution in [1.82, 2.24) is 0 Å². The number of unbranched alkanes of at least 4 members (excludes halogenated alkanes) is 9. The second kappa shape index (κ2) is 13.9. The van der Waals surface area contributed by atoms with Crippen molar-refractivity contribution in [3.63, 3.8) is 0 Å². The van der Waals surface area contributed by atoms with Gasteiger partial charge in [-0.25, -0.2) is 4.79 Å². The fourth-order valence-corrected chi connectivity index (χ4v) is 2.36. The van der Waals surface area contributed by atoms with Crippen molar-refractivity contribution in [3.05, 3.63) is 12.7 Å². The fourth-order valence-electron chi connectivity index (χ4n) is 2.24. The average molecular weight is 289 g/mol. The summed E-state index contributed by atoms with van der Waals surface area (Å²) in [5.41, 5.74) is 0. The first-order valence-electron chi connectivity index (χ1n) is 7.71. The van der Waals surface area contributed by atoms with E-state index in [1.807, 2.05) is 0 Å². The molecule has 0 aliphatic rings. The highest BCUT2D eigenvalue weighted by atomic mass is 35.5. The van der Waals surface area contributed by atoms with E-state index in [0.29, 0.717) is 0 Å². The molecule has 0 N–H and O–H groups in total. The zero-order valence-corrected chi connectivity index (χ0v) is 13.1. The normalized spacial score (nSPS) is 12.1. The Balaban J connectivity index is 3.30. The summed E-state index contributed by atoms with van der Waals surface area (Å²) in [6.07, 6.45) is 15.4. The number of hydrogen-bond donors (Lipinski definition) is 0. The Labute approximate surface area is 123 Å². The molecule has 0 aromatic heterocycles. The number of hydrogen-bond acceptors (Lipinski definition) is 2. The average Bonchev–Trinajstić information content (AvgIpc) is 2.44. The maximum absolute atomic E-state index is 11.2. The molecule has 0 spiro atoms. The van der Waals surface area contributed by atoms with E-state index in [2.05, 4.69) is 17.8 Å². The Morgan fingerprint density at radius 2 is 1.53 bits per heavy atom. The zero-order chi connectivity index (χ0) is 14.3. The Morgan fingerprint density at radius 1 is 1.05 bits per heavy atom. The fraction of sp³-hybridized carbons (Fsp3) is 0.812. The molecule has 3 heteroatoms. The molecule has 0 aliphatic carbocycles. The van der Waals surface area contributed by atoms with Crippen LogP contribution in [0.25, 0.3) is 0 Å². The lowest BCUT2D eigenvalue weighted by atomic mass is 10.00. The van der Waals surface area contributed by atoms with Gasteiger partial charge in [-0.3, -0.25) is 0 Å². The molecule has 19 heavy (non-hydrogen) atoms. The molecular formula is C16H29ClO2. The van der Waals surface area contributed by atoms with Gasteiger partial charge in [0.1, 0.15) is 11.9 Å². The summed E-state index contributed by atoms with van der Waals surface area (Å²) in [6, 6.07) is 0. The van der Waals surface area contributed by atoms with Gasteiger partial charge in [0.05, 0.1) is 5.92 Å². The van der Waals surface area contributed by atoms with Crippen LogP contribution in [0.4, 0.5) is 0 Å². The Bertz CT molecular complexity index is 229. The SMILES string of the molecule is C=CC(CCCCCCCCCCCC)C(=O)OCl. The number of carbonyl (C=O) groups is 1. The highest BCUT2D eigenvalue weighted by molar-refractivity contribution is 6.13. The third-order valence-corrected chi connectivity index (χ3v) is 3.68. The quantitative estimate of drug-likeness (QED) is 0.316.